The number of carbonyl (C=O) groups is 1. The van der Waals surface area contributed by atoms with Crippen LogP contribution in [-0.4, -0.2) is 5.91 Å². The number of amides is 1. The first kappa shape index (κ1) is 14.6. The predicted octanol–water partition coefficient (Wildman–Crippen LogP) is 5.43. The van der Waals surface area contributed by atoms with Crippen LogP contribution in [0, 0.1) is 6.92 Å². The van der Waals surface area contributed by atoms with E-state index in [1.807, 2.05) is 25.1 Å². The number of halogens is 3. The van der Waals surface area contributed by atoms with Crippen molar-refractivity contribution in [2.45, 2.75) is 6.92 Å². The summed E-state index contributed by atoms with van der Waals surface area (Å²) in [7, 11) is 0. The maximum atomic E-state index is 12.1. The highest BCUT2D eigenvalue weighted by Gasteiger charge is 2.08. The average molecular weight is 404 g/mol. The van der Waals surface area contributed by atoms with Crippen molar-refractivity contribution in [3.05, 3.63) is 61.5 Å². The molecule has 5 heteroatoms. The first-order valence-corrected chi connectivity index (χ1v) is 7.46. The van der Waals surface area contributed by atoms with E-state index in [0.717, 1.165) is 15.7 Å². The van der Waals surface area contributed by atoms with Gasteiger partial charge in [0.05, 0.1) is 5.02 Å². The molecule has 98 valence electrons. The number of nitrogens with one attached hydrogen (secondary N) is 1. The highest BCUT2D eigenvalue weighted by atomic mass is 79.9. The fraction of sp³-hybridized carbons (Fsp3) is 0.0714. The molecule has 0 heterocycles. The molecule has 0 unspecified atom stereocenters. The lowest BCUT2D eigenvalue weighted by molar-refractivity contribution is 0.102. The Balaban J connectivity index is 2.20. The molecule has 0 aliphatic heterocycles. The number of carbonyl (C=O) groups excluding carboxylic acids is 1. The van der Waals surface area contributed by atoms with Crippen molar-refractivity contribution in [3.63, 3.8) is 0 Å². The molecule has 2 aromatic carbocycles. The maximum absolute atomic E-state index is 12.1. The van der Waals surface area contributed by atoms with Gasteiger partial charge in [-0.05, 0) is 58.7 Å². The van der Waals surface area contributed by atoms with Gasteiger partial charge in [-0.25, -0.2) is 0 Å². The van der Waals surface area contributed by atoms with Crippen molar-refractivity contribution in [2.75, 3.05) is 5.32 Å². The average Bonchev–Trinajstić information content (AvgIpc) is 2.37. The van der Waals surface area contributed by atoms with Gasteiger partial charge in [0.2, 0.25) is 0 Å². The quantitative estimate of drug-likeness (QED) is 0.712. The molecule has 2 rings (SSSR count). The Kier molecular flexibility index (Phi) is 4.66. The normalized spacial score (nSPS) is 10.3. The van der Waals surface area contributed by atoms with Crippen LogP contribution in [0.1, 0.15) is 15.9 Å². The molecule has 2 nitrogen and oxygen atoms in total. The van der Waals surface area contributed by atoms with Crippen molar-refractivity contribution >= 4 is 55.1 Å². The summed E-state index contributed by atoms with van der Waals surface area (Å²) in [4.78, 5) is 12.1. The van der Waals surface area contributed by atoms with E-state index in [4.69, 9.17) is 11.6 Å². The number of rotatable bonds is 2. The highest BCUT2D eigenvalue weighted by molar-refractivity contribution is 9.10. The van der Waals surface area contributed by atoms with E-state index in [-0.39, 0.29) is 5.91 Å². The number of hydrogen-bond donors (Lipinski definition) is 1. The van der Waals surface area contributed by atoms with Gasteiger partial charge in [0.1, 0.15) is 0 Å². The molecule has 0 bridgehead atoms. The molecule has 0 atom stereocenters. The Labute approximate surface area is 133 Å². The van der Waals surface area contributed by atoms with Crippen LogP contribution in [0.25, 0.3) is 0 Å². The minimum atomic E-state index is -0.173. The molecule has 0 aromatic heterocycles. The lowest BCUT2D eigenvalue weighted by Crippen LogP contribution is -2.11. The van der Waals surface area contributed by atoms with Gasteiger partial charge < -0.3 is 5.32 Å². The number of anilines is 1. The Bertz CT molecular complexity index is 643. The minimum absolute atomic E-state index is 0.173. The molecule has 0 aliphatic rings. The Hall–Kier alpha value is -0.840. The van der Waals surface area contributed by atoms with Crippen molar-refractivity contribution in [3.8, 4) is 0 Å². The Morgan fingerprint density at radius 1 is 1.11 bits per heavy atom. The van der Waals surface area contributed by atoms with Crippen molar-refractivity contribution < 1.29 is 4.79 Å². The van der Waals surface area contributed by atoms with Crippen LogP contribution in [0.5, 0.6) is 0 Å². The van der Waals surface area contributed by atoms with E-state index in [9.17, 15) is 4.79 Å². The third-order valence-electron chi connectivity index (χ3n) is 2.61. The van der Waals surface area contributed by atoms with Crippen LogP contribution in [0.3, 0.4) is 0 Å². The Morgan fingerprint density at radius 2 is 1.84 bits per heavy atom. The van der Waals surface area contributed by atoms with E-state index >= 15 is 0 Å². The second-order valence-electron chi connectivity index (χ2n) is 4.05. The lowest BCUT2D eigenvalue weighted by atomic mass is 10.2. The first-order valence-electron chi connectivity index (χ1n) is 5.50. The van der Waals surface area contributed by atoms with Gasteiger partial charge in [0, 0.05) is 20.2 Å². The van der Waals surface area contributed by atoms with E-state index < -0.39 is 0 Å². The largest absolute Gasteiger partial charge is 0.322 e. The molecule has 2 aromatic rings. The van der Waals surface area contributed by atoms with Crippen LogP contribution in [0.15, 0.2) is 45.3 Å². The van der Waals surface area contributed by atoms with Gasteiger partial charge in [-0.3, -0.25) is 4.79 Å². The van der Waals surface area contributed by atoms with Crippen LogP contribution in [-0.2, 0) is 0 Å². The van der Waals surface area contributed by atoms with Crippen molar-refractivity contribution in [1.29, 1.82) is 0 Å². The molecule has 0 fully saturated rings. The summed E-state index contributed by atoms with van der Waals surface area (Å²) in [6, 6.07) is 10.7. The van der Waals surface area contributed by atoms with E-state index in [2.05, 4.69) is 37.2 Å². The molecule has 19 heavy (non-hydrogen) atoms. The second-order valence-corrected chi connectivity index (χ2v) is 6.16. The van der Waals surface area contributed by atoms with Gasteiger partial charge in [-0.1, -0.05) is 33.6 Å². The SMILES string of the molecule is Cc1ccc(NC(=O)c2ccc(Cl)c(Br)c2)cc1Br. The summed E-state index contributed by atoms with van der Waals surface area (Å²) in [6.45, 7) is 1.99. The smallest absolute Gasteiger partial charge is 0.255 e. The maximum Gasteiger partial charge on any atom is 0.255 e. The van der Waals surface area contributed by atoms with E-state index in [1.165, 1.54) is 0 Å². The van der Waals surface area contributed by atoms with Gasteiger partial charge >= 0.3 is 0 Å². The molecule has 0 aliphatic carbocycles. The highest BCUT2D eigenvalue weighted by Crippen LogP contribution is 2.24. The summed E-state index contributed by atoms with van der Waals surface area (Å²) in [5, 5.41) is 3.42. The van der Waals surface area contributed by atoms with Gasteiger partial charge in [0.25, 0.3) is 5.91 Å². The third-order valence-corrected chi connectivity index (χ3v) is 4.68. The lowest BCUT2D eigenvalue weighted by Gasteiger charge is -2.07. The van der Waals surface area contributed by atoms with Crippen LogP contribution >= 0.6 is 43.5 Å². The fourth-order valence-corrected chi connectivity index (χ4v) is 2.39. The minimum Gasteiger partial charge on any atom is -0.322 e. The topological polar surface area (TPSA) is 29.1 Å². The number of aryl methyl sites for hydroxylation is 1. The third kappa shape index (κ3) is 3.59. The van der Waals surface area contributed by atoms with Crippen LogP contribution < -0.4 is 5.32 Å². The number of hydrogen-bond acceptors (Lipinski definition) is 1. The monoisotopic (exact) mass is 401 g/mol. The predicted molar refractivity (Wildman–Crippen MR) is 86.0 cm³/mol. The molecule has 1 amide bonds. The summed E-state index contributed by atoms with van der Waals surface area (Å²) in [6.07, 6.45) is 0. The molecular weight excluding hydrogens is 393 g/mol. The zero-order valence-corrected chi connectivity index (χ0v) is 13.9. The van der Waals surface area contributed by atoms with Crippen LogP contribution in [0.4, 0.5) is 5.69 Å². The summed E-state index contributed by atoms with van der Waals surface area (Å²) >= 11 is 12.6. The molecule has 1 N–H and O–H groups in total. The summed E-state index contributed by atoms with van der Waals surface area (Å²) in [5.41, 5.74) is 2.41. The standard InChI is InChI=1S/C14H10Br2ClNO/c1-8-2-4-10(7-11(8)15)18-14(19)9-3-5-13(17)12(16)6-9/h2-7H,1H3,(H,18,19). The van der Waals surface area contributed by atoms with Gasteiger partial charge in [-0.15, -0.1) is 0 Å². The molecule has 0 saturated carbocycles. The van der Waals surface area contributed by atoms with E-state index in [0.29, 0.717) is 15.1 Å². The van der Waals surface area contributed by atoms with Crippen molar-refractivity contribution in [2.24, 2.45) is 0 Å². The molecule has 0 saturated heterocycles. The van der Waals surface area contributed by atoms with E-state index in [1.54, 1.807) is 18.2 Å². The second kappa shape index (κ2) is 6.07. The zero-order chi connectivity index (χ0) is 14.0. The first-order chi connectivity index (χ1) is 8.97. The zero-order valence-electron chi connectivity index (χ0n) is 10.0. The molecule has 0 spiro atoms. The molecular formula is C14H10Br2ClNO. The fourth-order valence-electron chi connectivity index (χ4n) is 1.51. The van der Waals surface area contributed by atoms with Gasteiger partial charge in [-0.2, -0.15) is 0 Å². The van der Waals surface area contributed by atoms with Crippen LogP contribution in [0.2, 0.25) is 5.02 Å². The van der Waals surface area contributed by atoms with Gasteiger partial charge in [0.15, 0.2) is 0 Å². The van der Waals surface area contributed by atoms with Crippen molar-refractivity contribution in [1.82, 2.24) is 0 Å². The summed E-state index contributed by atoms with van der Waals surface area (Å²) < 4.78 is 1.66. The Morgan fingerprint density at radius 3 is 2.47 bits per heavy atom. The summed E-state index contributed by atoms with van der Waals surface area (Å²) in [5.74, 6) is -0.173. The number of benzene rings is 2. The molecule has 0 radical (unpaired) electrons.